The predicted octanol–water partition coefficient (Wildman–Crippen LogP) is 4.51. The maximum Gasteiger partial charge on any atom is 0.264 e. The molecule has 1 amide bonds. The molecule has 26 heavy (non-hydrogen) atoms. The van der Waals surface area contributed by atoms with Crippen molar-refractivity contribution in [2.24, 2.45) is 4.99 Å². The monoisotopic (exact) mass is 388 g/mol. The molecule has 0 radical (unpaired) electrons. The fourth-order valence-corrected chi connectivity index (χ4v) is 3.45. The highest BCUT2D eigenvalue weighted by atomic mass is 35.5. The Morgan fingerprint density at radius 1 is 1.31 bits per heavy atom. The first-order chi connectivity index (χ1) is 12.5. The van der Waals surface area contributed by atoms with Crippen molar-refractivity contribution in [3.63, 3.8) is 0 Å². The molecule has 1 heterocycles. The fraction of sp³-hybridized carbons (Fsp3) is 0.158. The minimum atomic E-state index is -0.234. The van der Waals surface area contributed by atoms with E-state index in [9.17, 15) is 9.90 Å². The van der Waals surface area contributed by atoms with Crippen molar-refractivity contribution < 1.29 is 14.6 Å². The molecule has 0 spiro atoms. The van der Waals surface area contributed by atoms with Gasteiger partial charge in [0.2, 0.25) is 0 Å². The van der Waals surface area contributed by atoms with Crippen LogP contribution >= 0.6 is 23.4 Å². The lowest BCUT2D eigenvalue weighted by Crippen LogP contribution is -2.19. The molecule has 134 valence electrons. The molecule has 1 fully saturated rings. The number of carbonyl (C=O) groups is 1. The number of amides is 1. The van der Waals surface area contributed by atoms with Crippen LogP contribution in [0.3, 0.4) is 0 Å². The van der Waals surface area contributed by atoms with Crippen LogP contribution in [0.1, 0.15) is 18.1 Å². The van der Waals surface area contributed by atoms with E-state index in [0.29, 0.717) is 15.6 Å². The highest BCUT2D eigenvalue weighted by Crippen LogP contribution is 2.36. The lowest BCUT2D eigenvalue weighted by Gasteiger charge is -2.06. The van der Waals surface area contributed by atoms with Crippen LogP contribution in [0, 0.1) is 0 Å². The molecule has 0 unspecified atom stereocenters. The summed E-state index contributed by atoms with van der Waals surface area (Å²) in [5.41, 5.74) is 2.66. The summed E-state index contributed by atoms with van der Waals surface area (Å²) in [6.07, 6.45) is 2.64. The molecule has 2 N–H and O–H groups in total. The summed E-state index contributed by atoms with van der Waals surface area (Å²) in [7, 11) is 1.44. The second-order valence-electron chi connectivity index (χ2n) is 5.56. The molecular weight excluding hydrogens is 372 g/mol. The normalized spacial score (nSPS) is 17.0. The third kappa shape index (κ3) is 4.03. The van der Waals surface area contributed by atoms with Crippen LogP contribution in [0.4, 0.5) is 5.69 Å². The molecule has 1 aliphatic rings. The Kier molecular flexibility index (Phi) is 5.54. The highest BCUT2D eigenvalue weighted by Gasteiger charge is 2.24. The van der Waals surface area contributed by atoms with E-state index in [0.717, 1.165) is 12.1 Å². The SMILES string of the molecule is CCc1ccc(N=C2NC(=O)/C(=C\c3cc(Cl)c(O)c(OC)c3)S2)cc1. The predicted molar refractivity (Wildman–Crippen MR) is 106 cm³/mol. The molecule has 7 heteroatoms. The van der Waals surface area contributed by atoms with Crippen LogP contribution in [0.5, 0.6) is 11.5 Å². The van der Waals surface area contributed by atoms with E-state index in [2.05, 4.69) is 17.2 Å². The number of aromatic hydroxyl groups is 1. The van der Waals surface area contributed by atoms with Crippen LogP contribution in [0.15, 0.2) is 46.3 Å². The molecule has 0 aromatic heterocycles. The average Bonchev–Trinajstić information content (AvgIpc) is 2.97. The number of phenolic OH excluding ortho intramolecular Hbond substituents is 1. The van der Waals surface area contributed by atoms with Gasteiger partial charge in [-0.05, 0) is 59.7 Å². The number of benzene rings is 2. The number of thioether (sulfide) groups is 1. The number of rotatable bonds is 4. The number of hydrogen-bond donors (Lipinski definition) is 2. The summed E-state index contributed by atoms with van der Waals surface area (Å²) in [4.78, 5) is 17.1. The quantitative estimate of drug-likeness (QED) is 0.756. The third-order valence-corrected chi connectivity index (χ3v) is 4.99. The van der Waals surface area contributed by atoms with E-state index < -0.39 is 0 Å². The average molecular weight is 389 g/mol. The van der Waals surface area contributed by atoms with Crippen molar-refractivity contribution in [1.29, 1.82) is 0 Å². The molecule has 3 rings (SSSR count). The second-order valence-corrected chi connectivity index (χ2v) is 6.99. The number of nitrogens with zero attached hydrogens (tertiary/aromatic N) is 1. The zero-order valence-electron chi connectivity index (χ0n) is 14.2. The Balaban J connectivity index is 1.84. The van der Waals surface area contributed by atoms with Crippen molar-refractivity contribution in [2.75, 3.05) is 7.11 Å². The summed E-state index contributed by atoms with van der Waals surface area (Å²) in [6.45, 7) is 2.09. The number of hydrogen-bond acceptors (Lipinski definition) is 5. The first kappa shape index (κ1) is 18.4. The standard InChI is InChI=1S/C19H17ClN2O3S/c1-3-11-4-6-13(7-5-11)21-19-22-18(24)16(26-19)10-12-8-14(20)17(23)15(9-12)25-2/h4-10,23H,3H2,1-2H3,(H,21,22,24)/b16-10+. The number of carbonyl (C=O) groups excluding carboxylic acids is 1. The molecule has 0 bridgehead atoms. The van der Waals surface area contributed by atoms with Crippen LogP contribution in [0.2, 0.25) is 5.02 Å². The Hall–Kier alpha value is -2.44. The Morgan fingerprint density at radius 3 is 2.69 bits per heavy atom. The van der Waals surface area contributed by atoms with Gasteiger partial charge in [0.25, 0.3) is 5.91 Å². The lowest BCUT2D eigenvalue weighted by atomic mass is 10.2. The van der Waals surface area contributed by atoms with E-state index in [1.165, 1.54) is 24.4 Å². The molecule has 2 aromatic carbocycles. The second kappa shape index (κ2) is 7.85. The summed E-state index contributed by atoms with van der Waals surface area (Å²) in [6, 6.07) is 11.1. The van der Waals surface area contributed by atoms with Gasteiger partial charge in [0.15, 0.2) is 16.7 Å². The van der Waals surface area contributed by atoms with E-state index >= 15 is 0 Å². The summed E-state index contributed by atoms with van der Waals surface area (Å²) < 4.78 is 5.08. The van der Waals surface area contributed by atoms with Crippen molar-refractivity contribution in [2.45, 2.75) is 13.3 Å². The number of methoxy groups -OCH3 is 1. The van der Waals surface area contributed by atoms with Crippen molar-refractivity contribution in [3.8, 4) is 11.5 Å². The van der Waals surface area contributed by atoms with Gasteiger partial charge in [-0.2, -0.15) is 0 Å². The summed E-state index contributed by atoms with van der Waals surface area (Å²) >= 11 is 7.24. The van der Waals surface area contributed by atoms with E-state index in [-0.39, 0.29) is 22.4 Å². The van der Waals surface area contributed by atoms with Gasteiger partial charge in [-0.25, -0.2) is 4.99 Å². The fourth-order valence-electron chi connectivity index (χ4n) is 2.39. The molecule has 0 atom stereocenters. The van der Waals surface area contributed by atoms with Crippen LogP contribution in [-0.4, -0.2) is 23.3 Å². The summed E-state index contributed by atoms with van der Waals surface area (Å²) in [5.74, 6) is -0.114. The Morgan fingerprint density at radius 2 is 2.04 bits per heavy atom. The van der Waals surface area contributed by atoms with Gasteiger partial charge in [0.05, 0.1) is 22.7 Å². The van der Waals surface area contributed by atoms with Gasteiger partial charge in [-0.15, -0.1) is 0 Å². The minimum Gasteiger partial charge on any atom is -0.503 e. The molecule has 1 saturated heterocycles. The third-order valence-electron chi connectivity index (χ3n) is 3.79. The summed E-state index contributed by atoms with van der Waals surface area (Å²) in [5, 5.41) is 13.2. The number of halogens is 1. The van der Waals surface area contributed by atoms with E-state index in [1.54, 1.807) is 18.2 Å². The molecule has 0 saturated carbocycles. The van der Waals surface area contributed by atoms with Crippen molar-refractivity contribution in [1.82, 2.24) is 5.32 Å². The topological polar surface area (TPSA) is 70.9 Å². The van der Waals surface area contributed by atoms with Crippen LogP contribution in [0.25, 0.3) is 6.08 Å². The number of nitrogens with one attached hydrogen (secondary N) is 1. The number of phenols is 1. The minimum absolute atomic E-state index is 0.127. The van der Waals surface area contributed by atoms with Crippen LogP contribution in [-0.2, 0) is 11.2 Å². The van der Waals surface area contributed by atoms with Gasteiger partial charge >= 0.3 is 0 Å². The molecule has 1 aliphatic heterocycles. The van der Waals surface area contributed by atoms with Crippen LogP contribution < -0.4 is 10.1 Å². The first-order valence-electron chi connectivity index (χ1n) is 7.95. The van der Waals surface area contributed by atoms with Crippen molar-refractivity contribution >= 4 is 46.2 Å². The van der Waals surface area contributed by atoms with Gasteiger partial charge in [0, 0.05) is 0 Å². The molecule has 5 nitrogen and oxygen atoms in total. The maximum absolute atomic E-state index is 12.2. The molecule has 0 aliphatic carbocycles. The number of amidine groups is 1. The first-order valence-corrected chi connectivity index (χ1v) is 9.14. The van der Waals surface area contributed by atoms with Gasteiger partial charge in [-0.3, -0.25) is 4.79 Å². The Labute approximate surface area is 160 Å². The molecule has 2 aromatic rings. The van der Waals surface area contributed by atoms with E-state index in [4.69, 9.17) is 16.3 Å². The zero-order valence-corrected chi connectivity index (χ0v) is 15.8. The smallest absolute Gasteiger partial charge is 0.264 e. The molecular formula is C19H17ClN2O3S. The zero-order chi connectivity index (χ0) is 18.7. The van der Waals surface area contributed by atoms with Gasteiger partial charge in [-0.1, -0.05) is 30.7 Å². The van der Waals surface area contributed by atoms with Gasteiger partial charge < -0.3 is 15.2 Å². The van der Waals surface area contributed by atoms with E-state index in [1.807, 2.05) is 24.3 Å². The van der Waals surface area contributed by atoms with Gasteiger partial charge in [0.1, 0.15) is 0 Å². The maximum atomic E-state index is 12.2. The number of ether oxygens (including phenoxy) is 1. The largest absolute Gasteiger partial charge is 0.503 e. The lowest BCUT2D eigenvalue weighted by molar-refractivity contribution is -0.115. The van der Waals surface area contributed by atoms with Crippen molar-refractivity contribution in [3.05, 3.63) is 57.5 Å². The highest BCUT2D eigenvalue weighted by molar-refractivity contribution is 8.18. The Bertz CT molecular complexity index is 908. The number of aliphatic imine (C=N–C) groups is 1. The number of aryl methyl sites for hydroxylation is 1.